The molecule has 0 radical (unpaired) electrons. The van der Waals surface area contributed by atoms with Crippen LogP contribution in [0.5, 0.6) is 0 Å². The molecule has 3 rings (SSSR count). The molecule has 2 aromatic rings. The van der Waals surface area contributed by atoms with Crippen LogP contribution in [0.25, 0.3) is 0 Å². The van der Waals surface area contributed by atoms with Crippen LogP contribution >= 0.6 is 22.9 Å². The van der Waals surface area contributed by atoms with E-state index in [1.165, 1.54) is 23.3 Å². The summed E-state index contributed by atoms with van der Waals surface area (Å²) in [5.41, 5.74) is 1.27. The zero-order valence-electron chi connectivity index (χ0n) is 11.6. The molecule has 108 valence electrons. The maximum absolute atomic E-state index is 5.97. The molecule has 20 heavy (non-hydrogen) atoms. The largest absolute Gasteiger partial charge is 0.468 e. The van der Waals surface area contributed by atoms with Gasteiger partial charge >= 0.3 is 0 Å². The molecule has 1 N–H and O–H groups in total. The first-order chi connectivity index (χ1) is 9.70. The molecular weight excluding hydrogens is 292 g/mol. The first-order valence-electron chi connectivity index (χ1n) is 6.92. The lowest BCUT2D eigenvalue weighted by Gasteiger charge is -2.15. The molecule has 3 nitrogen and oxygen atoms in total. The molecule has 0 amide bonds. The zero-order valence-corrected chi connectivity index (χ0v) is 13.1. The Morgan fingerprint density at radius 2 is 2.20 bits per heavy atom. The monoisotopic (exact) mass is 310 g/mol. The molecule has 0 atom stereocenters. The van der Waals surface area contributed by atoms with E-state index in [-0.39, 0.29) is 0 Å². The Hall–Kier alpha value is -0.810. The third-order valence-electron chi connectivity index (χ3n) is 3.46. The number of furan rings is 1. The van der Waals surface area contributed by atoms with Crippen molar-refractivity contribution in [2.45, 2.75) is 38.5 Å². The minimum absolute atomic E-state index is 0.707. The van der Waals surface area contributed by atoms with Gasteiger partial charge in [-0.3, -0.25) is 4.90 Å². The first-order valence-corrected chi connectivity index (χ1v) is 8.11. The lowest BCUT2D eigenvalue weighted by molar-refractivity contribution is 0.317. The zero-order chi connectivity index (χ0) is 13.9. The Morgan fingerprint density at radius 1 is 1.35 bits per heavy atom. The van der Waals surface area contributed by atoms with Gasteiger partial charge in [0.25, 0.3) is 0 Å². The molecule has 1 aliphatic rings. The van der Waals surface area contributed by atoms with E-state index >= 15 is 0 Å². The maximum Gasteiger partial charge on any atom is 0.122 e. The summed E-state index contributed by atoms with van der Waals surface area (Å²) in [4.78, 5) is 3.58. The normalized spacial score (nSPS) is 15.2. The fraction of sp³-hybridized carbons (Fsp3) is 0.467. The minimum atomic E-state index is 0.707. The third-order valence-corrected chi connectivity index (χ3v) is 4.68. The van der Waals surface area contributed by atoms with Gasteiger partial charge in [-0.25, -0.2) is 0 Å². The molecule has 0 aromatic carbocycles. The van der Waals surface area contributed by atoms with E-state index in [0.29, 0.717) is 6.04 Å². The highest BCUT2D eigenvalue weighted by Crippen LogP contribution is 2.24. The molecule has 0 saturated heterocycles. The van der Waals surface area contributed by atoms with Gasteiger partial charge in [0, 0.05) is 29.6 Å². The Balaban J connectivity index is 1.54. The van der Waals surface area contributed by atoms with Crippen LogP contribution in [0.1, 0.15) is 29.0 Å². The average molecular weight is 311 g/mol. The summed E-state index contributed by atoms with van der Waals surface area (Å²) >= 11 is 7.61. The van der Waals surface area contributed by atoms with Crippen molar-refractivity contribution < 1.29 is 4.42 Å². The van der Waals surface area contributed by atoms with Crippen molar-refractivity contribution in [2.75, 3.05) is 7.05 Å². The summed E-state index contributed by atoms with van der Waals surface area (Å²) in [6.45, 7) is 2.65. The van der Waals surface area contributed by atoms with Gasteiger partial charge in [-0.15, -0.1) is 11.3 Å². The van der Waals surface area contributed by atoms with Crippen molar-refractivity contribution in [3.05, 3.63) is 45.0 Å². The SMILES string of the molecule is CN(Cc1ccc(Cl)s1)Cc1ccoc1CNC1CC1. The summed E-state index contributed by atoms with van der Waals surface area (Å²) in [6, 6.07) is 6.83. The standard InChI is InChI=1S/C15H19ClN2OS/c1-18(10-13-4-5-15(16)20-13)9-11-6-7-19-14(11)8-17-12-2-3-12/h4-7,12,17H,2-3,8-10H2,1H3. The molecule has 5 heteroatoms. The smallest absolute Gasteiger partial charge is 0.122 e. The highest BCUT2D eigenvalue weighted by atomic mass is 35.5. The summed E-state index contributed by atoms with van der Waals surface area (Å²) in [5, 5.41) is 3.50. The van der Waals surface area contributed by atoms with Crippen LogP contribution in [0, 0.1) is 0 Å². The average Bonchev–Trinajstić information content (AvgIpc) is 3.01. The second kappa shape index (κ2) is 6.31. The molecule has 0 unspecified atom stereocenters. The number of hydrogen-bond donors (Lipinski definition) is 1. The second-order valence-corrected chi connectivity index (χ2v) is 7.20. The molecule has 0 spiro atoms. The highest BCUT2D eigenvalue weighted by molar-refractivity contribution is 7.16. The van der Waals surface area contributed by atoms with Gasteiger partial charge in [0.05, 0.1) is 17.1 Å². The van der Waals surface area contributed by atoms with E-state index in [1.54, 1.807) is 17.6 Å². The summed E-state index contributed by atoms with van der Waals surface area (Å²) in [7, 11) is 2.12. The lowest BCUT2D eigenvalue weighted by atomic mass is 10.2. The van der Waals surface area contributed by atoms with Gasteiger partial charge in [0.1, 0.15) is 5.76 Å². The van der Waals surface area contributed by atoms with Crippen molar-refractivity contribution in [2.24, 2.45) is 0 Å². The van der Waals surface area contributed by atoms with Crippen LogP contribution in [-0.2, 0) is 19.6 Å². The first kappa shape index (κ1) is 14.1. The van der Waals surface area contributed by atoms with Gasteiger partial charge in [-0.05, 0) is 38.1 Å². The number of thiophene rings is 1. The Labute approximate surface area is 128 Å². The number of nitrogens with zero attached hydrogens (tertiary/aromatic N) is 1. The molecule has 2 aromatic heterocycles. The molecule has 2 heterocycles. The van der Waals surface area contributed by atoms with Crippen molar-refractivity contribution in [1.29, 1.82) is 0 Å². The molecule has 1 saturated carbocycles. The predicted molar refractivity (Wildman–Crippen MR) is 83.1 cm³/mol. The molecule has 1 fully saturated rings. The van der Waals surface area contributed by atoms with Crippen LogP contribution in [0.3, 0.4) is 0 Å². The van der Waals surface area contributed by atoms with Gasteiger partial charge in [-0.1, -0.05) is 11.6 Å². The number of hydrogen-bond acceptors (Lipinski definition) is 4. The van der Waals surface area contributed by atoms with Gasteiger partial charge in [-0.2, -0.15) is 0 Å². The molecule has 0 bridgehead atoms. The summed E-state index contributed by atoms with van der Waals surface area (Å²) < 4.78 is 6.44. The predicted octanol–water partition coefficient (Wildman–Crippen LogP) is 3.88. The topological polar surface area (TPSA) is 28.4 Å². The van der Waals surface area contributed by atoms with Crippen molar-refractivity contribution in [3.8, 4) is 0 Å². The van der Waals surface area contributed by atoms with Crippen LogP contribution < -0.4 is 5.32 Å². The quantitative estimate of drug-likeness (QED) is 0.841. The Kier molecular flexibility index (Phi) is 4.46. The number of halogens is 1. The number of nitrogens with one attached hydrogen (secondary N) is 1. The van der Waals surface area contributed by atoms with Crippen LogP contribution in [0.4, 0.5) is 0 Å². The molecule has 0 aliphatic heterocycles. The van der Waals surface area contributed by atoms with Gasteiger partial charge < -0.3 is 9.73 Å². The van der Waals surface area contributed by atoms with Crippen LogP contribution in [-0.4, -0.2) is 18.0 Å². The van der Waals surface area contributed by atoms with E-state index in [2.05, 4.69) is 29.4 Å². The van der Waals surface area contributed by atoms with E-state index in [0.717, 1.165) is 29.7 Å². The number of rotatable bonds is 7. The fourth-order valence-electron chi connectivity index (χ4n) is 2.24. The molecular formula is C15H19ClN2OS. The second-order valence-electron chi connectivity index (χ2n) is 5.40. The van der Waals surface area contributed by atoms with Crippen LogP contribution in [0.15, 0.2) is 28.9 Å². The Bertz CT molecular complexity index is 562. The summed E-state index contributed by atoms with van der Waals surface area (Å²) in [5.74, 6) is 1.06. The van der Waals surface area contributed by atoms with Crippen molar-refractivity contribution in [1.82, 2.24) is 10.2 Å². The van der Waals surface area contributed by atoms with E-state index in [4.69, 9.17) is 16.0 Å². The highest BCUT2D eigenvalue weighted by Gasteiger charge is 2.21. The lowest BCUT2D eigenvalue weighted by Crippen LogP contribution is -2.19. The van der Waals surface area contributed by atoms with E-state index < -0.39 is 0 Å². The maximum atomic E-state index is 5.97. The van der Waals surface area contributed by atoms with Crippen LogP contribution in [0.2, 0.25) is 4.34 Å². The fourth-order valence-corrected chi connectivity index (χ4v) is 3.40. The van der Waals surface area contributed by atoms with Gasteiger partial charge in [0.15, 0.2) is 0 Å². The van der Waals surface area contributed by atoms with E-state index in [1.807, 2.05) is 6.07 Å². The van der Waals surface area contributed by atoms with Gasteiger partial charge in [0.2, 0.25) is 0 Å². The minimum Gasteiger partial charge on any atom is -0.468 e. The Morgan fingerprint density at radius 3 is 2.90 bits per heavy atom. The molecule has 1 aliphatic carbocycles. The van der Waals surface area contributed by atoms with E-state index in [9.17, 15) is 0 Å². The van der Waals surface area contributed by atoms with Crippen molar-refractivity contribution in [3.63, 3.8) is 0 Å². The van der Waals surface area contributed by atoms with Crippen molar-refractivity contribution >= 4 is 22.9 Å². The third kappa shape index (κ3) is 3.85. The summed E-state index contributed by atoms with van der Waals surface area (Å²) in [6.07, 6.45) is 4.39.